The van der Waals surface area contributed by atoms with Crippen molar-refractivity contribution in [2.45, 2.75) is 25.0 Å². The average Bonchev–Trinajstić information content (AvgIpc) is 2.94. The van der Waals surface area contributed by atoms with Crippen LogP contribution in [0, 0.1) is 5.92 Å². The maximum atomic E-state index is 11.2. The topological polar surface area (TPSA) is 66.4 Å². The summed E-state index contributed by atoms with van der Waals surface area (Å²) in [5, 5.41) is 10.8. The largest absolute Gasteiger partial charge is 0.480 e. The van der Waals surface area contributed by atoms with Gasteiger partial charge in [-0.25, -0.2) is 0 Å². The molecule has 4 nitrogen and oxygen atoms in total. The van der Waals surface area contributed by atoms with Gasteiger partial charge in [-0.2, -0.15) is 0 Å². The highest BCUT2D eigenvalue weighted by Crippen LogP contribution is 2.27. The van der Waals surface area contributed by atoms with Crippen molar-refractivity contribution in [3.63, 3.8) is 0 Å². The van der Waals surface area contributed by atoms with Crippen LogP contribution in [-0.2, 0) is 9.59 Å². The van der Waals surface area contributed by atoms with E-state index in [2.05, 4.69) is 5.32 Å². The van der Waals surface area contributed by atoms with E-state index in [0.29, 0.717) is 5.92 Å². The lowest BCUT2D eigenvalue weighted by molar-refractivity contribution is -0.136. The minimum absolute atomic E-state index is 0.0602. The Morgan fingerprint density at radius 1 is 1.57 bits per heavy atom. The fourth-order valence-electron chi connectivity index (χ4n) is 0.903. The molecular formula is C9H15NO3S. The van der Waals surface area contributed by atoms with Crippen LogP contribution in [-0.4, -0.2) is 34.5 Å². The van der Waals surface area contributed by atoms with Crippen LogP contribution >= 0.6 is 11.8 Å². The molecule has 1 amide bonds. The Kier molecular flexibility index (Phi) is 4.25. The second-order valence-electron chi connectivity index (χ2n) is 3.54. The number of hydrogen-bond donors (Lipinski definition) is 2. The molecule has 0 spiro atoms. The molecule has 1 rings (SSSR count). The summed E-state index contributed by atoms with van der Waals surface area (Å²) in [6, 6.07) is 0. The Balaban J connectivity index is 2.04. The van der Waals surface area contributed by atoms with Gasteiger partial charge in [-0.1, -0.05) is 0 Å². The van der Waals surface area contributed by atoms with E-state index >= 15 is 0 Å². The molecule has 0 aromatic heterocycles. The molecule has 1 unspecified atom stereocenters. The SMILES string of the molecule is CC(SCC(=O)NCC1CC1)C(=O)O. The van der Waals surface area contributed by atoms with Gasteiger partial charge in [0.05, 0.1) is 11.0 Å². The van der Waals surface area contributed by atoms with Crippen molar-refractivity contribution in [1.29, 1.82) is 0 Å². The minimum Gasteiger partial charge on any atom is -0.480 e. The number of carbonyl (C=O) groups is 2. The molecule has 0 aromatic carbocycles. The van der Waals surface area contributed by atoms with Gasteiger partial charge in [0.15, 0.2) is 0 Å². The van der Waals surface area contributed by atoms with E-state index in [1.807, 2.05) is 0 Å². The van der Waals surface area contributed by atoms with Crippen molar-refractivity contribution in [1.82, 2.24) is 5.32 Å². The van der Waals surface area contributed by atoms with E-state index in [9.17, 15) is 9.59 Å². The Bertz CT molecular complexity index is 228. The first-order valence-corrected chi connectivity index (χ1v) is 5.75. The van der Waals surface area contributed by atoms with Crippen LogP contribution in [0.2, 0.25) is 0 Å². The summed E-state index contributed by atoms with van der Waals surface area (Å²) in [5.74, 6) is -0.0268. The van der Waals surface area contributed by atoms with Crippen LogP contribution in [0.4, 0.5) is 0 Å². The van der Waals surface area contributed by atoms with Crippen molar-refractivity contribution in [3.05, 3.63) is 0 Å². The third kappa shape index (κ3) is 4.50. The summed E-state index contributed by atoms with van der Waals surface area (Å²) in [5.41, 5.74) is 0. The van der Waals surface area contributed by atoms with Crippen molar-refractivity contribution < 1.29 is 14.7 Å². The summed E-state index contributed by atoms with van der Waals surface area (Å²) in [7, 11) is 0. The first kappa shape index (κ1) is 11.4. The summed E-state index contributed by atoms with van der Waals surface area (Å²) in [6.45, 7) is 2.34. The van der Waals surface area contributed by atoms with Gasteiger partial charge in [-0.05, 0) is 25.7 Å². The number of carboxylic acids is 1. The van der Waals surface area contributed by atoms with Gasteiger partial charge in [0, 0.05) is 6.54 Å². The highest BCUT2D eigenvalue weighted by Gasteiger charge is 2.21. The third-order valence-corrected chi connectivity index (χ3v) is 3.23. The molecule has 1 aliphatic rings. The highest BCUT2D eigenvalue weighted by atomic mass is 32.2. The lowest BCUT2D eigenvalue weighted by Gasteiger charge is -2.06. The quantitative estimate of drug-likeness (QED) is 0.688. The standard InChI is InChI=1S/C9H15NO3S/c1-6(9(12)13)14-5-8(11)10-4-7-2-3-7/h6-7H,2-5H2,1H3,(H,10,11)(H,12,13). The van der Waals surface area contributed by atoms with E-state index in [1.54, 1.807) is 6.92 Å². The van der Waals surface area contributed by atoms with Crippen LogP contribution < -0.4 is 5.32 Å². The molecule has 1 fully saturated rings. The molecule has 0 saturated heterocycles. The number of nitrogens with one attached hydrogen (secondary N) is 1. The number of thioether (sulfide) groups is 1. The van der Waals surface area contributed by atoms with Crippen molar-refractivity contribution in [3.8, 4) is 0 Å². The van der Waals surface area contributed by atoms with E-state index in [-0.39, 0.29) is 11.7 Å². The van der Waals surface area contributed by atoms with Crippen molar-refractivity contribution in [2.75, 3.05) is 12.3 Å². The summed E-state index contributed by atoms with van der Waals surface area (Å²) in [4.78, 5) is 21.6. The van der Waals surface area contributed by atoms with Crippen LogP contribution in [0.1, 0.15) is 19.8 Å². The van der Waals surface area contributed by atoms with Crippen LogP contribution in [0.3, 0.4) is 0 Å². The Morgan fingerprint density at radius 2 is 2.21 bits per heavy atom. The lowest BCUT2D eigenvalue weighted by atomic mass is 10.4. The van der Waals surface area contributed by atoms with Crippen molar-refractivity contribution in [2.24, 2.45) is 5.92 Å². The maximum absolute atomic E-state index is 11.2. The van der Waals surface area contributed by atoms with E-state index in [0.717, 1.165) is 18.3 Å². The molecule has 0 bridgehead atoms. The Labute approximate surface area is 87.4 Å². The van der Waals surface area contributed by atoms with Crippen LogP contribution in [0.5, 0.6) is 0 Å². The zero-order valence-electron chi connectivity index (χ0n) is 8.16. The number of aliphatic carboxylic acids is 1. The average molecular weight is 217 g/mol. The second-order valence-corrected chi connectivity index (χ2v) is 4.87. The maximum Gasteiger partial charge on any atom is 0.316 e. The molecule has 1 saturated carbocycles. The molecule has 0 radical (unpaired) electrons. The predicted molar refractivity (Wildman–Crippen MR) is 55.3 cm³/mol. The summed E-state index contributed by atoms with van der Waals surface area (Å²) >= 11 is 1.15. The fraction of sp³-hybridized carbons (Fsp3) is 0.778. The van der Waals surface area contributed by atoms with E-state index < -0.39 is 11.2 Å². The van der Waals surface area contributed by atoms with Gasteiger partial charge in [0.1, 0.15) is 0 Å². The molecule has 2 N–H and O–H groups in total. The monoisotopic (exact) mass is 217 g/mol. The van der Waals surface area contributed by atoms with Gasteiger partial charge >= 0.3 is 5.97 Å². The number of rotatable bonds is 6. The molecule has 5 heteroatoms. The lowest BCUT2D eigenvalue weighted by Crippen LogP contribution is -2.28. The molecule has 14 heavy (non-hydrogen) atoms. The molecule has 80 valence electrons. The molecule has 0 aliphatic heterocycles. The normalized spacial score (nSPS) is 17.5. The minimum atomic E-state index is -0.870. The zero-order chi connectivity index (χ0) is 10.6. The molecule has 1 atom stereocenters. The fourth-order valence-corrected chi connectivity index (χ4v) is 1.55. The first-order valence-electron chi connectivity index (χ1n) is 4.70. The molecule has 0 heterocycles. The molecule has 0 aromatic rings. The van der Waals surface area contributed by atoms with Gasteiger partial charge < -0.3 is 10.4 Å². The number of carboxylic acid groups (broad SMARTS) is 1. The van der Waals surface area contributed by atoms with E-state index in [1.165, 1.54) is 12.8 Å². The predicted octanol–water partition coefficient (Wildman–Crippen LogP) is 0.719. The van der Waals surface area contributed by atoms with Gasteiger partial charge in [0.25, 0.3) is 0 Å². The Morgan fingerprint density at radius 3 is 2.71 bits per heavy atom. The Hall–Kier alpha value is -0.710. The second kappa shape index (κ2) is 5.24. The summed E-state index contributed by atoms with van der Waals surface area (Å²) < 4.78 is 0. The molecular weight excluding hydrogens is 202 g/mol. The number of carbonyl (C=O) groups excluding carboxylic acids is 1. The molecule has 1 aliphatic carbocycles. The highest BCUT2D eigenvalue weighted by molar-refractivity contribution is 8.01. The number of hydrogen-bond acceptors (Lipinski definition) is 3. The van der Waals surface area contributed by atoms with E-state index in [4.69, 9.17) is 5.11 Å². The number of amides is 1. The smallest absolute Gasteiger partial charge is 0.316 e. The van der Waals surface area contributed by atoms with Crippen LogP contribution in [0.25, 0.3) is 0 Å². The van der Waals surface area contributed by atoms with Crippen LogP contribution in [0.15, 0.2) is 0 Å². The first-order chi connectivity index (χ1) is 6.59. The third-order valence-electron chi connectivity index (χ3n) is 2.10. The van der Waals surface area contributed by atoms with Gasteiger partial charge in [0.2, 0.25) is 5.91 Å². The van der Waals surface area contributed by atoms with Gasteiger partial charge in [-0.3, -0.25) is 9.59 Å². The zero-order valence-corrected chi connectivity index (χ0v) is 8.97. The van der Waals surface area contributed by atoms with Crippen molar-refractivity contribution >= 4 is 23.6 Å². The van der Waals surface area contributed by atoms with Gasteiger partial charge in [-0.15, -0.1) is 11.8 Å². The summed E-state index contributed by atoms with van der Waals surface area (Å²) in [6.07, 6.45) is 2.41.